The average molecular weight is 481 g/mol. The van der Waals surface area contributed by atoms with E-state index < -0.39 is 41.6 Å². The van der Waals surface area contributed by atoms with Gasteiger partial charge in [-0.3, -0.25) is 14.4 Å². The molecule has 9 heteroatoms. The Kier molecular flexibility index (Phi) is 8.46. The zero-order valence-electron chi connectivity index (χ0n) is 20.2. The lowest BCUT2D eigenvalue weighted by Gasteiger charge is -2.29. The lowest BCUT2D eigenvalue weighted by molar-refractivity contribution is -0.135. The molecule has 0 aliphatic carbocycles. The molecule has 4 N–H and O–H groups in total. The van der Waals surface area contributed by atoms with E-state index in [1.54, 1.807) is 20.8 Å². The molecule has 9 nitrogen and oxygen atoms in total. The fourth-order valence-electron chi connectivity index (χ4n) is 3.52. The molecule has 0 aromatic heterocycles. The van der Waals surface area contributed by atoms with Crippen LogP contribution in [0.2, 0.25) is 0 Å². The first-order valence-electron chi connectivity index (χ1n) is 11.6. The molecule has 1 aliphatic rings. The Morgan fingerprint density at radius 1 is 0.886 bits per heavy atom. The van der Waals surface area contributed by atoms with Gasteiger partial charge >= 0.3 is 6.09 Å². The summed E-state index contributed by atoms with van der Waals surface area (Å²) >= 11 is 0. The minimum absolute atomic E-state index is 0.205. The second-order valence-corrected chi connectivity index (χ2v) is 9.45. The molecule has 2 aromatic rings. The fraction of sp³-hybridized carbons (Fsp3) is 0.385. The van der Waals surface area contributed by atoms with Crippen molar-refractivity contribution in [3.8, 4) is 0 Å². The van der Waals surface area contributed by atoms with E-state index in [0.717, 1.165) is 11.1 Å². The number of carbonyl (C=O) groups is 4. The van der Waals surface area contributed by atoms with Gasteiger partial charge in [-0.15, -0.1) is 0 Å². The number of carbonyl (C=O) groups excluding carboxylic acids is 4. The minimum Gasteiger partial charge on any atom is -0.444 e. The molecular weight excluding hydrogens is 448 g/mol. The molecule has 0 unspecified atom stereocenters. The standard InChI is InChI=1S/C26H32N4O5/c1-26(2,3)35-25(34)30-20(15-18-12-8-5-9-13-18)24(33)28-19(14-17-10-6-4-7-11-17)23(32)29-21-16-27-22(21)31/h4-13,19-21H,14-16H2,1-3H3,(H,27,31)(H,28,33)(H,29,32)(H,30,34)/t19-,20-,21-/m0/s1. The third kappa shape index (κ3) is 8.13. The monoisotopic (exact) mass is 480 g/mol. The van der Waals surface area contributed by atoms with Crippen LogP contribution in [-0.4, -0.2) is 54.1 Å². The number of ether oxygens (including phenoxy) is 1. The van der Waals surface area contributed by atoms with Gasteiger partial charge in [0, 0.05) is 19.4 Å². The van der Waals surface area contributed by atoms with Gasteiger partial charge in [0.2, 0.25) is 17.7 Å². The highest BCUT2D eigenvalue weighted by molar-refractivity contribution is 5.96. The van der Waals surface area contributed by atoms with Gasteiger partial charge in [0.05, 0.1) is 0 Å². The summed E-state index contributed by atoms with van der Waals surface area (Å²) in [5, 5.41) is 10.7. The van der Waals surface area contributed by atoms with Gasteiger partial charge in [0.1, 0.15) is 23.7 Å². The van der Waals surface area contributed by atoms with Crippen LogP contribution in [-0.2, 0) is 32.0 Å². The highest BCUT2D eigenvalue weighted by atomic mass is 16.6. The van der Waals surface area contributed by atoms with Crippen LogP contribution < -0.4 is 21.3 Å². The van der Waals surface area contributed by atoms with Gasteiger partial charge in [-0.1, -0.05) is 60.7 Å². The number of alkyl carbamates (subject to hydrolysis) is 1. The van der Waals surface area contributed by atoms with Crippen LogP contribution in [0.3, 0.4) is 0 Å². The van der Waals surface area contributed by atoms with Crippen LogP contribution in [0.4, 0.5) is 4.79 Å². The van der Waals surface area contributed by atoms with Crippen molar-refractivity contribution < 1.29 is 23.9 Å². The number of hydrogen-bond donors (Lipinski definition) is 4. The van der Waals surface area contributed by atoms with E-state index in [9.17, 15) is 19.2 Å². The molecule has 0 saturated carbocycles. The molecule has 3 atom stereocenters. The fourth-order valence-corrected chi connectivity index (χ4v) is 3.52. The van der Waals surface area contributed by atoms with Crippen molar-refractivity contribution in [1.29, 1.82) is 0 Å². The summed E-state index contributed by atoms with van der Waals surface area (Å²) in [5.74, 6) is -1.27. The maximum Gasteiger partial charge on any atom is 0.408 e. The Bertz CT molecular complexity index is 1040. The van der Waals surface area contributed by atoms with E-state index in [-0.39, 0.29) is 18.7 Å². The number of benzene rings is 2. The predicted molar refractivity (Wildman–Crippen MR) is 130 cm³/mol. The number of β-lactam (4-membered cyclic amide) rings is 1. The van der Waals surface area contributed by atoms with Crippen LogP contribution >= 0.6 is 0 Å². The maximum atomic E-state index is 13.3. The van der Waals surface area contributed by atoms with Gasteiger partial charge in [0.25, 0.3) is 0 Å². The van der Waals surface area contributed by atoms with Crippen LogP contribution in [0.5, 0.6) is 0 Å². The van der Waals surface area contributed by atoms with Crippen molar-refractivity contribution in [1.82, 2.24) is 21.3 Å². The Morgan fingerprint density at radius 2 is 1.40 bits per heavy atom. The van der Waals surface area contributed by atoms with E-state index in [1.807, 2.05) is 60.7 Å². The first kappa shape index (κ1) is 25.7. The van der Waals surface area contributed by atoms with Gasteiger partial charge < -0.3 is 26.0 Å². The molecule has 1 saturated heterocycles. The molecular formula is C26H32N4O5. The quantitative estimate of drug-likeness (QED) is 0.405. The van der Waals surface area contributed by atoms with Crippen LogP contribution in [0, 0.1) is 0 Å². The molecule has 35 heavy (non-hydrogen) atoms. The summed E-state index contributed by atoms with van der Waals surface area (Å²) in [6, 6.07) is 15.9. The molecule has 4 amide bonds. The SMILES string of the molecule is CC(C)(C)OC(=O)N[C@@H](Cc1ccccc1)C(=O)N[C@@H](Cc1ccccc1)C(=O)N[C@H]1CNC1=O. The number of hydrogen-bond acceptors (Lipinski definition) is 5. The maximum absolute atomic E-state index is 13.3. The van der Waals surface area contributed by atoms with Gasteiger partial charge in [-0.2, -0.15) is 0 Å². The Hall–Kier alpha value is -3.88. The molecule has 0 radical (unpaired) electrons. The molecule has 3 rings (SSSR count). The molecule has 0 bridgehead atoms. The third-order valence-electron chi connectivity index (χ3n) is 5.32. The van der Waals surface area contributed by atoms with Crippen molar-refractivity contribution in [2.24, 2.45) is 0 Å². The summed E-state index contributed by atoms with van der Waals surface area (Å²) in [6.07, 6.45) is -0.308. The number of amides is 4. The number of rotatable bonds is 9. The van der Waals surface area contributed by atoms with Crippen molar-refractivity contribution in [3.63, 3.8) is 0 Å². The highest BCUT2D eigenvalue weighted by Gasteiger charge is 2.33. The summed E-state index contributed by atoms with van der Waals surface area (Å²) < 4.78 is 5.34. The molecule has 2 aromatic carbocycles. The van der Waals surface area contributed by atoms with E-state index >= 15 is 0 Å². The first-order chi connectivity index (χ1) is 16.6. The lowest BCUT2D eigenvalue weighted by Crippen LogP contribution is -2.65. The average Bonchev–Trinajstić information content (AvgIpc) is 2.80. The van der Waals surface area contributed by atoms with Crippen molar-refractivity contribution in [3.05, 3.63) is 71.8 Å². The Labute approximate surface area is 205 Å². The van der Waals surface area contributed by atoms with E-state index in [0.29, 0.717) is 6.54 Å². The Balaban J connectivity index is 1.77. The molecule has 0 spiro atoms. The second-order valence-electron chi connectivity index (χ2n) is 9.45. The Morgan fingerprint density at radius 3 is 1.83 bits per heavy atom. The van der Waals surface area contributed by atoms with E-state index in [4.69, 9.17) is 4.74 Å². The van der Waals surface area contributed by atoms with Crippen LogP contribution in [0.15, 0.2) is 60.7 Å². The van der Waals surface area contributed by atoms with E-state index in [1.165, 1.54) is 0 Å². The molecule has 186 valence electrons. The molecule has 1 fully saturated rings. The molecule has 1 aliphatic heterocycles. The first-order valence-corrected chi connectivity index (χ1v) is 11.6. The second kappa shape index (κ2) is 11.5. The molecule has 1 heterocycles. The third-order valence-corrected chi connectivity index (χ3v) is 5.32. The minimum atomic E-state index is -0.981. The predicted octanol–water partition coefficient (Wildman–Crippen LogP) is 1.46. The summed E-state index contributed by atoms with van der Waals surface area (Å²) in [6.45, 7) is 5.54. The zero-order chi connectivity index (χ0) is 25.4. The number of nitrogens with one attached hydrogen (secondary N) is 4. The van der Waals surface area contributed by atoms with Crippen LogP contribution in [0.25, 0.3) is 0 Å². The summed E-state index contributed by atoms with van der Waals surface area (Å²) in [5.41, 5.74) is 0.932. The van der Waals surface area contributed by atoms with Gasteiger partial charge in [-0.05, 0) is 31.9 Å². The summed E-state index contributed by atoms with van der Waals surface area (Å²) in [4.78, 5) is 50.5. The highest BCUT2D eigenvalue weighted by Crippen LogP contribution is 2.10. The summed E-state index contributed by atoms with van der Waals surface area (Å²) in [7, 11) is 0. The van der Waals surface area contributed by atoms with Crippen molar-refractivity contribution in [2.75, 3.05) is 6.54 Å². The lowest BCUT2D eigenvalue weighted by atomic mass is 10.0. The van der Waals surface area contributed by atoms with E-state index in [2.05, 4.69) is 21.3 Å². The smallest absolute Gasteiger partial charge is 0.408 e. The largest absolute Gasteiger partial charge is 0.444 e. The normalized spacial score (nSPS) is 16.7. The van der Waals surface area contributed by atoms with Crippen molar-refractivity contribution in [2.45, 2.75) is 57.3 Å². The van der Waals surface area contributed by atoms with Crippen molar-refractivity contribution >= 4 is 23.8 Å². The van der Waals surface area contributed by atoms with Gasteiger partial charge in [-0.25, -0.2) is 4.79 Å². The topological polar surface area (TPSA) is 126 Å². The zero-order valence-corrected chi connectivity index (χ0v) is 20.2. The van der Waals surface area contributed by atoms with Crippen LogP contribution in [0.1, 0.15) is 31.9 Å². The van der Waals surface area contributed by atoms with Gasteiger partial charge in [0.15, 0.2) is 0 Å².